The Hall–Kier alpha value is -0.980. The summed E-state index contributed by atoms with van der Waals surface area (Å²) in [5.41, 5.74) is 0.239. The van der Waals surface area contributed by atoms with Gasteiger partial charge in [0.25, 0.3) is 0 Å². The minimum absolute atomic E-state index is 0.0276. The van der Waals surface area contributed by atoms with Gasteiger partial charge in [0.2, 0.25) is 10.0 Å². The summed E-state index contributed by atoms with van der Waals surface area (Å²) in [6, 6.07) is 3.50. The maximum Gasteiger partial charge on any atom is 0.243 e. The van der Waals surface area contributed by atoms with Crippen LogP contribution in [-0.4, -0.2) is 30.4 Å². The van der Waals surface area contributed by atoms with Crippen LogP contribution in [0.4, 0.5) is 4.39 Å². The van der Waals surface area contributed by atoms with Crippen LogP contribution < -0.4 is 0 Å². The SMILES string of the molecule is CCCN(C1CC1)S(=O)(=O)c1cc(F)ccc1CO. The molecule has 1 aliphatic carbocycles. The van der Waals surface area contributed by atoms with Crippen molar-refractivity contribution in [1.82, 2.24) is 4.31 Å². The molecule has 0 amide bonds. The fraction of sp³-hybridized carbons (Fsp3) is 0.538. The van der Waals surface area contributed by atoms with E-state index >= 15 is 0 Å². The summed E-state index contributed by atoms with van der Waals surface area (Å²) in [4.78, 5) is -0.115. The monoisotopic (exact) mass is 287 g/mol. The summed E-state index contributed by atoms with van der Waals surface area (Å²) in [5.74, 6) is -0.608. The zero-order chi connectivity index (χ0) is 14.0. The maximum absolute atomic E-state index is 13.3. The largest absolute Gasteiger partial charge is 0.392 e. The zero-order valence-electron chi connectivity index (χ0n) is 10.8. The van der Waals surface area contributed by atoms with Crippen LogP contribution >= 0.6 is 0 Å². The lowest BCUT2D eigenvalue weighted by atomic mass is 10.2. The van der Waals surface area contributed by atoms with Crippen molar-refractivity contribution >= 4 is 10.0 Å². The first-order valence-electron chi connectivity index (χ1n) is 6.41. The lowest BCUT2D eigenvalue weighted by Gasteiger charge is -2.22. The molecule has 2 rings (SSSR count). The summed E-state index contributed by atoms with van der Waals surface area (Å²) < 4.78 is 39.9. The van der Waals surface area contributed by atoms with Crippen molar-refractivity contribution in [3.8, 4) is 0 Å². The van der Waals surface area contributed by atoms with Gasteiger partial charge in [-0.25, -0.2) is 12.8 Å². The molecule has 0 heterocycles. The predicted octanol–water partition coefficient (Wildman–Crippen LogP) is 1.88. The third kappa shape index (κ3) is 2.96. The van der Waals surface area contributed by atoms with Gasteiger partial charge in [-0.1, -0.05) is 13.0 Å². The number of nitrogens with zero attached hydrogens (tertiary/aromatic N) is 1. The average molecular weight is 287 g/mol. The third-order valence-corrected chi connectivity index (χ3v) is 5.22. The molecular weight excluding hydrogens is 269 g/mol. The minimum Gasteiger partial charge on any atom is -0.392 e. The van der Waals surface area contributed by atoms with Crippen LogP contribution in [0.1, 0.15) is 31.7 Å². The fourth-order valence-corrected chi connectivity index (χ4v) is 4.11. The van der Waals surface area contributed by atoms with Crippen molar-refractivity contribution in [2.24, 2.45) is 0 Å². The van der Waals surface area contributed by atoms with Crippen molar-refractivity contribution in [3.05, 3.63) is 29.6 Å². The van der Waals surface area contributed by atoms with E-state index in [4.69, 9.17) is 0 Å². The highest BCUT2D eigenvalue weighted by Gasteiger charge is 2.38. The van der Waals surface area contributed by atoms with E-state index in [9.17, 15) is 17.9 Å². The molecule has 1 aromatic rings. The Kier molecular flexibility index (Phi) is 4.23. The van der Waals surface area contributed by atoms with Gasteiger partial charge in [0.1, 0.15) is 5.82 Å². The third-order valence-electron chi connectivity index (χ3n) is 3.18. The van der Waals surface area contributed by atoms with Crippen LogP contribution in [0.3, 0.4) is 0 Å². The molecule has 0 radical (unpaired) electrons. The van der Waals surface area contributed by atoms with Gasteiger partial charge in [0.15, 0.2) is 0 Å². The van der Waals surface area contributed by atoms with Crippen LogP contribution in [0.5, 0.6) is 0 Å². The fourth-order valence-electron chi connectivity index (χ4n) is 2.11. The van der Waals surface area contributed by atoms with E-state index in [1.807, 2.05) is 6.92 Å². The number of rotatable bonds is 6. The quantitative estimate of drug-likeness (QED) is 0.869. The number of sulfonamides is 1. The number of halogens is 1. The Morgan fingerprint density at radius 3 is 2.63 bits per heavy atom. The van der Waals surface area contributed by atoms with Crippen molar-refractivity contribution in [2.75, 3.05) is 6.54 Å². The molecule has 1 fully saturated rings. The normalized spacial score (nSPS) is 16.0. The van der Waals surface area contributed by atoms with Crippen LogP contribution in [0.2, 0.25) is 0 Å². The van der Waals surface area contributed by atoms with Gasteiger partial charge in [-0.2, -0.15) is 4.31 Å². The van der Waals surface area contributed by atoms with Crippen LogP contribution in [0.15, 0.2) is 23.1 Å². The van der Waals surface area contributed by atoms with E-state index in [0.29, 0.717) is 13.0 Å². The molecule has 1 N–H and O–H groups in total. The second-order valence-corrected chi connectivity index (χ2v) is 6.62. The van der Waals surface area contributed by atoms with E-state index < -0.39 is 22.4 Å². The van der Waals surface area contributed by atoms with Gasteiger partial charge in [0, 0.05) is 12.6 Å². The lowest BCUT2D eigenvalue weighted by molar-refractivity contribution is 0.277. The molecule has 0 bridgehead atoms. The zero-order valence-corrected chi connectivity index (χ0v) is 11.7. The summed E-state index contributed by atoms with van der Waals surface area (Å²) in [7, 11) is -3.73. The number of hydrogen-bond donors (Lipinski definition) is 1. The molecule has 0 spiro atoms. The lowest BCUT2D eigenvalue weighted by Crippen LogP contribution is -2.34. The first-order valence-corrected chi connectivity index (χ1v) is 7.85. The first kappa shape index (κ1) is 14.4. The Labute approximate surface area is 112 Å². The van der Waals surface area contributed by atoms with Crippen molar-refractivity contribution in [1.29, 1.82) is 0 Å². The highest BCUT2D eigenvalue weighted by Crippen LogP contribution is 2.33. The first-order chi connectivity index (χ1) is 9.00. The molecule has 0 aliphatic heterocycles. The molecule has 0 atom stereocenters. The second-order valence-electron chi connectivity index (χ2n) is 4.76. The van der Waals surface area contributed by atoms with Gasteiger partial charge in [-0.15, -0.1) is 0 Å². The average Bonchev–Trinajstić information content (AvgIpc) is 3.20. The van der Waals surface area contributed by atoms with E-state index in [1.54, 1.807) is 0 Å². The van der Waals surface area contributed by atoms with Gasteiger partial charge < -0.3 is 5.11 Å². The Morgan fingerprint density at radius 2 is 2.11 bits per heavy atom. The van der Waals surface area contributed by atoms with Crippen molar-refractivity contribution in [2.45, 2.75) is 43.7 Å². The molecule has 1 aromatic carbocycles. The van der Waals surface area contributed by atoms with E-state index in [1.165, 1.54) is 10.4 Å². The summed E-state index contributed by atoms with van der Waals surface area (Å²) >= 11 is 0. The topological polar surface area (TPSA) is 57.6 Å². The molecular formula is C13H18FNO3S. The number of benzene rings is 1. The molecule has 6 heteroatoms. The Bertz CT molecular complexity index is 555. The van der Waals surface area contributed by atoms with Crippen molar-refractivity contribution in [3.63, 3.8) is 0 Å². The Balaban J connectivity index is 2.45. The molecule has 0 aromatic heterocycles. The minimum atomic E-state index is -3.73. The summed E-state index contributed by atoms with van der Waals surface area (Å²) in [6.07, 6.45) is 2.41. The predicted molar refractivity (Wildman–Crippen MR) is 69.5 cm³/mol. The molecule has 4 nitrogen and oxygen atoms in total. The Morgan fingerprint density at radius 1 is 1.42 bits per heavy atom. The maximum atomic E-state index is 13.3. The molecule has 106 valence electrons. The molecule has 0 unspecified atom stereocenters. The summed E-state index contributed by atoms with van der Waals surface area (Å²) in [6.45, 7) is 1.91. The van der Waals surface area contributed by atoms with Crippen LogP contribution in [0.25, 0.3) is 0 Å². The molecule has 1 aliphatic rings. The number of aliphatic hydroxyl groups excluding tert-OH is 1. The van der Waals surface area contributed by atoms with Crippen LogP contribution in [-0.2, 0) is 16.6 Å². The molecule has 19 heavy (non-hydrogen) atoms. The van der Waals surface area contributed by atoms with Gasteiger partial charge in [-0.05, 0) is 37.0 Å². The highest BCUT2D eigenvalue weighted by molar-refractivity contribution is 7.89. The second kappa shape index (κ2) is 5.56. The van der Waals surface area contributed by atoms with Crippen LogP contribution in [0, 0.1) is 5.82 Å². The van der Waals surface area contributed by atoms with Gasteiger partial charge >= 0.3 is 0 Å². The van der Waals surface area contributed by atoms with E-state index in [2.05, 4.69) is 0 Å². The van der Waals surface area contributed by atoms with Gasteiger partial charge in [-0.3, -0.25) is 0 Å². The van der Waals surface area contributed by atoms with Crippen molar-refractivity contribution < 1.29 is 17.9 Å². The van der Waals surface area contributed by atoms with E-state index in [0.717, 1.165) is 25.0 Å². The standard InChI is InChI=1S/C13H18FNO3S/c1-2-7-15(12-5-6-12)19(17,18)13-8-11(14)4-3-10(13)9-16/h3-4,8,12,16H,2,5-7,9H2,1H3. The van der Waals surface area contributed by atoms with Gasteiger partial charge in [0.05, 0.1) is 11.5 Å². The summed E-state index contributed by atoms with van der Waals surface area (Å²) in [5, 5.41) is 9.23. The molecule has 0 saturated heterocycles. The highest BCUT2D eigenvalue weighted by atomic mass is 32.2. The number of aliphatic hydroxyl groups is 1. The van der Waals surface area contributed by atoms with E-state index in [-0.39, 0.29) is 16.5 Å². The smallest absolute Gasteiger partial charge is 0.243 e. The molecule has 1 saturated carbocycles. The number of hydrogen-bond acceptors (Lipinski definition) is 3.